The van der Waals surface area contributed by atoms with Crippen LogP contribution in [0.5, 0.6) is 0 Å². The van der Waals surface area contributed by atoms with Crippen molar-refractivity contribution in [2.24, 2.45) is 5.92 Å². The zero-order valence-electron chi connectivity index (χ0n) is 10.4. The summed E-state index contributed by atoms with van der Waals surface area (Å²) in [7, 11) is 0. The average Bonchev–Trinajstić information content (AvgIpc) is 2.41. The van der Waals surface area contributed by atoms with E-state index in [2.05, 4.69) is 15.3 Å². The number of aromatic nitrogens is 2. The average molecular weight is 235 g/mol. The van der Waals surface area contributed by atoms with Gasteiger partial charge in [-0.05, 0) is 45.2 Å². The van der Waals surface area contributed by atoms with E-state index < -0.39 is 0 Å². The van der Waals surface area contributed by atoms with Crippen LogP contribution in [-0.4, -0.2) is 29.7 Å². The second kappa shape index (κ2) is 6.67. The predicted molar refractivity (Wildman–Crippen MR) is 66.6 cm³/mol. The van der Waals surface area contributed by atoms with Crippen molar-refractivity contribution >= 4 is 0 Å². The van der Waals surface area contributed by atoms with Gasteiger partial charge in [-0.15, -0.1) is 0 Å². The number of rotatable bonds is 5. The minimum Gasteiger partial charge on any atom is -0.372 e. The molecule has 17 heavy (non-hydrogen) atoms. The fourth-order valence-corrected chi connectivity index (χ4v) is 2.19. The lowest BCUT2D eigenvalue weighted by Gasteiger charge is -2.23. The van der Waals surface area contributed by atoms with E-state index in [9.17, 15) is 0 Å². The van der Waals surface area contributed by atoms with Gasteiger partial charge in [-0.3, -0.25) is 9.97 Å². The summed E-state index contributed by atoms with van der Waals surface area (Å²) in [6, 6.07) is 0. The van der Waals surface area contributed by atoms with E-state index in [1.165, 1.54) is 19.4 Å². The smallest absolute Gasteiger partial charge is 0.0982 e. The Labute approximate surface area is 103 Å². The molecule has 0 bridgehead atoms. The normalized spacial score (nSPS) is 22.3. The Kier molecular flexibility index (Phi) is 4.88. The van der Waals surface area contributed by atoms with Crippen LogP contribution in [0, 0.1) is 5.92 Å². The zero-order valence-corrected chi connectivity index (χ0v) is 10.4. The Morgan fingerprint density at radius 2 is 2.47 bits per heavy atom. The molecule has 2 rings (SSSR count). The van der Waals surface area contributed by atoms with E-state index in [1.807, 2.05) is 6.92 Å². The summed E-state index contributed by atoms with van der Waals surface area (Å²) in [5.41, 5.74) is 0.911. The third kappa shape index (κ3) is 4.06. The van der Waals surface area contributed by atoms with Crippen LogP contribution < -0.4 is 5.32 Å². The first-order valence-electron chi connectivity index (χ1n) is 6.44. The first-order valence-corrected chi connectivity index (χ1v) is 6.44. The highest BCUT2D eigenvalue weighted by Crippen LogP contribution is 2.17. The Morgan fingerprint density at radius 1 is 1.53 bits per heavy atom. The maximum absolute atomic E-state index is 5.80. The minimum atomic E-state index is 0.0419. The summed E-state index contributed by atoms with van der Waals surface area (Å²) in [5, 5.41) is 3.43. The summed E-state index contributed by atoms with van der Waals surface area (Å²) in [5.74, 6) is 0.776. The highest BCUT2D eigenvalue weighted by molar-refractivity contribution is 4.97. The van der Waals surface area contributed by atoms with Gasteiger partial charge in [-0.1, -0.05) is 0 Å². The van der Waals surface area contributed by atoms with Crippen LogP contribution in [0.2, 0.25) is 0 Å². The van der Waals surface area contributed by atoms with E-state index >= 15 is 0 Å². The fraction of sp³-hybridized carbons (Fsp3) is 0.692. The summed E-state index contributed by atoms with van der Waals surface area (Å²) in [6.45, 7) is 5.16. The lowest BCUT2D eigenvalue weighted by atomic mass is 9.97. The molecular weight excluding hydrogens is 214 g/mol. The molecule has 1 aliphatic heterocycles. The van der Waals surface area contributed by atoms with Gasteiger partial charge < -0.3 is 10.1 Å². The van der Waals surface area contributed by atoms with E-state index in [4.69, 9.17) is 4.74 Å². The molecule has 1 N–H and O–H groups in total. The Balaban J connectivity index is 1.67. The van der Waals surface area contributed by atoms with Crippen molar-refractivity contribution in [1.29, 1.82) is 0 Å². The monoisotopic (exact) mass is 235 g/mol. The van der Waals surface area contributed by atoms with Gasteiger partial charge in [0.1, 0.15) is 0 Å². The molecular formula is C13H21N3O. The highest BCUT2D eigenvalue weighted by Gasteiger charge is 2.13. The SMILES string of the molecule is C[C@H](OCC[C@@H]1CCCNC1)c1cnccn1. The van der Waals surface area contributed by atoms with Crippen LogP contribution in [-0.2, 0) is 4.74 Å². The number of nitrogens with one attached hydrogen (secondary N) is 1. The topological polar surface area (TPSA) is 47.0 Å². The molecule has 0 unspecified atom stereocenters. The first-order chi connectivity index (χ1) is 8.36. The van der Waals surface area contributed by atoms with E-state index in [-0.39, 0.29) is 6.10 Å². The number of hydrogen-bond acceptors (Lipinski definition) is 4. The molecule has 0 spiro atoms. The lowest BCUT2D eigenvalue weighted by molar-refractivity contribution is 0.0510. The van der Waals surface area contributed by atoms with Gasteiger partial charge in [0.25, 0.3) is 0 Å². The van der Waals surface area contributed by atoms with Crippen molar-refractivity contribution in [3.63, 3.8) is 0 Å². The van der Waals surface area contributed by atoms with Crippen molar-refractivity contribution < 1.29 is 4.74 Å². The summed E-state index contributed by atoms with van der Waals surface area (Å²) >= 11 is 0. The van der Waals surface area contributed by atoms with Crippen molar-refractivity contribution in [2.45, 2.75) is 32.3 Å². The molecule has 1 saturated heterocycles. The molecule has 1 aliphatic rings. The molecule has 1 aromatic rings. The van der Waals surface area contributed by atoms with Crippen LogP contribution in [0.25, 0.3) is 0 Å². The number of nitrogens with zero attached hydrogens (tertiary/aromatic N) is 2. The highest BCUT2D eigenvalue weighted by atomic mass is 16.5. The minimum absolute atomic E-state index is 0.0419. The van der Waals surface area contributed by atoms with Crippen LogP contribution in [0.1, 0.15) is 38.0 Å². The summed E-state index contributed by atoms with van der Waals surface area (Å²) in [6.07, 6.45) is 8.97. The standard InChI is InChI=1S/C13H21N3O/c1-11(13-10-15-6-7-16-13)17-8-4-12-3-2-5-14-9-12/h6-7,10-12,14H,2-5,8-9H2,1H3/t11-,12-/m0/s1. The second-order valence-corrected chi connectivity index (χ2v) is 4.64. The molecule has 4 heteroatoms. The Bertz CT molecular complexity index is 312. The van der Waals surface area contributed by atoms with Gasteiger partial charge in [-0.2, -0.15) is 0 Å². The van der Waals surface area contributed by atoms with E-state index in [1.54, 1.807) is 18.6 Å². The molecule has 1 aromatic heterocycles. The lowest BCUT2D eigenvalue weighted by Crippen LogP contribution is -2.30. The number of hydrogen-bond donors (Lipinski definition) is 1. The van der Waals surface area contributed by atoms with E-state index in [0.29, 0.717) is 0 Å². The predicted octanol–water partition coefficient (Wildman–Crippen LogP) is 1.94. The molecule has 4 nitrogen and oxygen atoms in total. The molecule has 0 amide bonds. The maximum Gasteiger partial charge on any atom is 0.0982 e. The maximum atomic E-state index is 5.80. The van der Waals surface area contributed by atoms with Gasteiger partial charge in [0.2, 0.25) is 0 Å². The second-order valence-electron chi connectivity index (χ2n) is 4.64. The van der Waals surface area contributed by atoms with Gasteiger partial charge >= 0.3 is 0 Å². The van der Waals surface area contributed by atoms with E-state index in [0.717, 1.165) is 31.2 Å². The number of ether oxygens (including phenoxy) is 1. The third-order valence-corrected chi connectivity index (χ3v) is 3.29. The largest absolute Gasteiger partial charge is 0.372 e. The zero-order chi connectivity index (χ0) is 11.9. The van der Waals surface area contributed by atoms with Crippen molar-refractivity contribution in [2.75, 3.05) is 19.7 Å². The molecule has 94 valence electrons. The Morgan fingerprint density at radius 3 is 3.18 bits per heavy atom. The van der Waals surface area contributed by atoms with Gasteiger partial charge in [0, 0.05) is 19.0 Å². The van der Waals surface area contributed by atoms with Crippen molar-refractivity contribution in [3.8, 4) is 0 Å². The van der Waals surface area contributed by atoms with Gasteiger partial charge in [0.15, 0.2) is 0 Å². The number of piperidine rings is 1. The van der Waals surface area contributed by atoms with Gasteiger partial charge in [0.05, 0.1) is 18.0 Å². The molecule has 1 fully saturated rings. The Hall–Kier alpha value is -1.00. The van der Waals surface area contributed by atoms with Crippen LogP contribution in [0.15, 0.2) is 18.6 Å². The van der Waals surface area contributed by atoms with Crippen molar-refractivity contribution in [1.82, 2.24) is 15.3 Å². The molecule has 0 radical (unpaired) electrons. The van der Waals surface area contributed by atoms with Crippen molar-refractivity contribution in [3.05, 3.63) is 24.3 Å². The van der Waals surface area contributed by atoms with Crippen LogP contribution >= 0.6 is 0 Å². The molecule has 0 aliphatic carbocycles. The molecule has 2 atom stereocenters. The molecule has 0 saturated carbocycles. The third-order valence-electron chi connectivity index (χ3n) is 3.29. The molecule has 2 heterocycles. The quantitative estimate of drug-likeness (QED) is 0.847. The first kappa shape index (κ1) is 12.5. The van der Waals surface area contributed by atoms with Gasteiger partial charge in [-0.25, -0.2) is 0 Å². The summed E-state index contributed by atoms with van der Waals surface area (Å²) < 4.78 is 5.80. The summed E-state index contributed by atoms with van der Waals surface area (Å²) in [4.78, 5) is 8.30. The van der Waals surface area contributed by atoms with Crippen LogP contribution in [0.4, 0.5) is 0 Å². The fourth-order valence-electron chi connectivity index (χ4n) is 2.19. The van der Waals surface area contributed by atoms with Crippen LogP contribution in [0.3, 0.4) is 0 Å². The molecule has 0 aromatic carbocycles.